The molecule has 1 aromatic rings. The van der Waals surface area contributed by atoms with Crippen molar-refractivity contribution >= 4 is 15.9 Å². The average Bonchev–Trinajstić information content (AvgIpc) is 2.10. The molecular weight excluding hydrogens is 254 g/mol. The van der Waals surface area contributed by atoms with E-state index in [0.29, 0.717) is 11.1 Å². The van der Waals surface area contributed by atoms with Crippen LogP contribution in [0.5, 0.6) is 0 Å². The second-order valence-electron chi connectivity index (χ2n) is 2.75. The summed E-state index contributed by atoms with van der Waals surface area (Å²) in [5.41, 5.74) is 0.854. The van der Waals surface area contributed by atoms with Crippen molar-refractivity contribution in [3.63, 3.8) is 0 Å². The van der Waals surface area contributed by atoms with Crippen LogP contribution < -0.4 is 0 Å². The Balaban J connectivity index is 3.28. The van der Waals surface area contributed by atoms with Gasteiger partial charge in [-0.2, -0.15) is 5.26 Å². The zero-order chi connectivity index (χ0) is 10.7. The molecule has 0 saturated heterocycles. The van der Waals surface area contributed by atoms with Crippen molar-refractivity contribution in [3.8, 4) is 6.07 Å². The SMILES string of the molecule is Cc1c(CC#N)cnc(Br)c1C(F)F. The van der Waals surface area contributed by atoms with Gasteiger partial charge in [0.2, 0.25) is 0 Å². The molecule has 0 amide bonds. The third kappa shape index (κ3) is 2.07. The van der Waals surface area contributed by atoms with Crippen LogP contribution in [-0.4, -0.2) is 4.98 Å². The first kappa shape index (κ1) is 11.1. The van der Waals surface area contributed by atoms with Crippen LogP contribution in [0.4, 0.5) is 8.78 Å². The van der Waals surface area contributed by atoms with E-state index in [9.17, 15) is 8.78 Å². The maximum Gasteiger partial charge on any atom is 0.266 e. The van der Waals surface area contributed by atoms with Crippen LogP contribution in [0.25, 0.3) is 0 Å². The molecule has 0 radical (unpaired) electrons. The predicted molar refractivity (Wildman–Crippen MR) is 50.9 cm³/mol. The zero-order valence-electron chi connectivity index (χ0n) is 7.39. The molecule has 0 aliphatic carbocycles. The lowest BCUT2D eigenvalue weighted by molar-refractivity contribution is 0.149. The first-order valence-electron chi connectivity index (χ1n) is 3.87. The number of hydrogen-bond donors (Lipinski definition) is 0. The van der Waals surface area contributed by atoms with Gasteiger partial charge in [0.05, 0.1) is 18.1 Å². The fourth-order valence-electron chi connectivity index (χ4n) is 1.15. The summed E-state index contributed by atoms with van der Waals surface area (Å²) in [6.45, 7) is 1.57. The molecule has 1 rings (SSSR count). The standard InChI is InChI=1S/C9H7BrF2N2/c1-5-6(2-3-13)4-14-8(10)7(5)9(11)12/h4,9H,2H2,1H3. The number of rotatable bonds is 2. The Labute approximate surface area is 88.7 Å². The van der Waals surface area contributed by atoms with Crippen LogP contribution in [0, 0.1) is 18.3 Å². The van der Waals surface area contributed by atoms with Gasteiger partial charge in [0.15, 0.2) is 0 Å². The van der Waals surface area contributed by atoms with Crippen molar-refractivity contribution in [1.29, 1.82) is 5.26 Å². The second-order valence-corrected chi connectivity index (χ2v) is 3.50. The highest BCUT2D eigenvalue weighted by Crippen LogP contribution is 2.30. The van der Waals surface area contributed by atoms with Gasteiger partial charge < -0.3 is 0 Å². The lowest BCUT2D eigenvalue weighted by atomic mass is 10.0. The van der Waals surface area contributed by atoms with Crippen LogP contribution in [0.1, 0.15) is 23.1 Å². The highest BCUT2D eigenvalue weighted by molar-refractivity contribution is 9.10. The van der Waals surface area contributed by atoms with Gasteiger partial charge in [0.1, 0.15) is 4.60 Å². The minimum Gasteiger partial charge on any atom is -0.249 e. The van der Waals surface area contributed by atoms with Gasteiger partial charge in [-0.3, -0.25) is 0 Å². The Morgan fingerprint density at radius 1 is 1.64 bits per heavy atom. The van der Waals surface area contributed by atoms with Crippen LogP contribution in [0.2, 0.25) is 0 Å². The van der Waals surface area contributed by atoms with Gasteiger partial charge >= 0.3 is 0 Å². The Bertz CT molecular complexity index is 385. The van der Waals surface area contributed by atoms with Crippen molar-refractivity contribution in [1.82, 2.24) is 4.98 Å². The smallest absolute Gasteiger partial charge is 0.249 e. The van der Waals surface area contributed by atoms with Crippen molar-refractivity contribution in [3.05, 3.63) is 27.5 Å². The van der Waals surface area contributed by atoms with Crippen LogP contribution in [0.3, 0.4) is 0 Å². The molecule has 14 heavy (non-hydrogen) atoms. The minimum atomic E-state index is -2.57. The van der Waals surface area contributed by atoms with Gasteiger partial charge in [-0.05, 0) is 34.0 Å². The molecule has 0 bridgehead atoms. The number of nitriles is 1. The fraction of sp³-hybridized carbons (Fsp3) is 0.333. The van der Waals surface area contributed by atoms with Gasteiger partial charge in [0, 0.05) is 6.20 Å². The second kappa shape index (κ2) is 4.47. The summed E-state index contributed by atoms with van der Waals surface area (Å²) in [5, 5.41) is 8.47. The average molecular weight is 261 g/mol. The van der Waals surface area contributed by atoms with E-state index in [-0.39, 0.29) is 16.6 Å². The molecule has 0 aliphatic heterocycles. The molecule has 74 valence electrons. The first-order valence-corrected chi connectivity index (χ1v) is 4.66. The molecule has 0 fully saturated rings. The van der Waals surface area contributed by atoms with E-state index in [1.807, 2.05) is 6.07 Å². The summed E-state index contributed by atoms with van der Waals surface area (Å²) in [7, 11) is 0. The maximum absolute atomic E-state index is 12.6. The molecule has 1 heterocycles. The lowest BCUT2D eigenvalue weighted by Gasteiger charge is -2.09. The molecule has 0 saturated carbocycles. The zero-order valence-corrected chi connectivity index (χ0v) is 8.98. The molecular formula is C9H7BrF2N2. The van der Waals surface area contributed by atoms with E-state index >= 15 is 0 Å². The topological polar surface area (TPSA) is 36.7 Å². The Kier molecular flexibility index (Phi) is 3.53. The van der Waals surface area contributed by atoms with Crippen molar-refractivity contribution in [2.75, 3.05) is 0 Å². The monoisotopic (exact) mass is 260 g/mol. The number of hydrogen-bond acceptors (Lipinski definition) is 2. The van der Waals surface area contributed by atoms with E-state index in [0.717, 1.165) is 0 Å². The van der Waals surface area contributed by atoms with Crippen molar-refractivity contribution in [2.45, 2.75) is 19.8 Å². The first-order chi connectivity index (χ1) is 6.57. The van der Waals surface area contributed by atoms with E-state index in [1.54, 1.807) is 6.92 Å². The molecule has 5 heteroatoms. The predicted octanol–water partition coefficient (Wildman–Crippen LogP) is 3.16. The third-order valence-corrected chi connectivity index (χ3v) is 2.56. The van der Waals surface area contributed by atoms with E-state index in [4.69, 9.17) is 5.26 Å². The molecule has 0 N–H and O–H groups in total. The van der Waals surface area contributed by atoms with Crippen LogP contribution >= 0.6 is 15.9 Å². The molecule has 0 unspecified atom stereocenters. The number of nitrogens with zero attached hydrogens (tertiary/aromatic N) is 2. The summed E-state index contributed by atoms with van der Waals surface area (Å²) in [6.07, 6.45) is -1.03. The lowest BCUT2D eigenvalue weighted by Crippen LogP contribution is -1.99. The van der Waals surface area contributed by atoms with Gasteiger partial charge in [-0.25, -0.2) is 13.8 Å². The molecule has 1 aromatic heterocycles. The number of halogens is 3. The molecule has 0 spiro atoms. The number of aromatic nitrogens is 1. The number of pyridine rings is 1. The minimum absolute atomic E-state index is 0.103. The third-order valence-electron chi connectivity index (χ3n) is 1.93. The summed E-state index contributed by atoms with van der Waals surface area (Å²) in [4.78, 5) is 3.77. The Morgan fingerprint density at radius 3 is 2.79 bits per heavy atom. The van der Waals surface area contributed by atoms with Gasteiger partial charge in [-0.1, -0.05) is 0 Å². The summed E-state index contributed by atoms with van der Waals surface area (Å²) in [5.74, 6) is 0. The van der Waals surface area contributed by atoms with Crippen molar-refractivity contribution in [2.24, 2.45) is 0 Å². The van der Waals surface area contributed by atoms with Crippen molar-refractivity contribution < 1.29 is 8.78 Å². The Morgan fingerprint density at radius 2 is 2.29 bits per heavy atom. The van der Waals surface area contributed by atoms with E-state index in [1.165, 1.54) is 6.20 Å². The largest absolute Gasteiger partial charge is 0.266 e. The fourth-order valence-corrected chi connectivity index (χ4v) is 1.72. The van der Waals surface area contributed by atoms with E-state index < -0.39 is 6.43 Å². The van der Waals surface area contributed by atoms with E-state index in [2.05, 4.69) is 20.9 Å². The van der Waals surface area contributed by atoms with Gasteiger partial charge in [0.25, 0.3) is 6.43 Å². The molecule has 0 aromatic carbocycles. The Hall–Kier alpha value is -1.02. The van der Waals surface area contributed by atoms with Crippen LogP contribution in [0.15, 0.2) is 10.8 Å². The molecule has 0 aliphatic rings. The number of alkyl halides is 2. The normalized spacial score (nSPS) is 10.3. The summed E-state index contributed by atoms with van der Waals surface area (Å²) >= 11 is 2.96. The molecule has 2 nitrogen and oxygen atoms in total. The maximum atomic E-state index is 12.6. The highest BCUT2D eigenvalue weighted by atomic mass is 79.9. The van der Waals surface area contributed by atoms with Crippen LogP contribution in [-0.2, 0) is 6.42 Å². The van der Waals surface area contributed by atoms with Gasteiger partial charge in [-0.15, -0.1) is 0 Å². The molecule has 0 atom stereocenters. The highest BCUT2D eigenvalue weighted by Gasteiger charge is 2.17. The summed E-state index contributed by atoms with van der Waals surface area (Å²) in [6, 6.07) is 1.91. The quantitative estimate of drug-likeness (QED) is 0.766. The summed E-state index contributed by atoms with van der Waals surface area (Å²) < 4.78 is 25.3.